The van der Waals surface area contributed by atoms with Gasteiger partial charge in [-0.1, -0.05) is 60.8 Å². The van der Waals surface area contributed by atoms with Crippen LogP contribution in [-0.2, 0) is 6.54 Å². The molecule has 0 spiro atoms. The van der Waals surface area contributed by atoms with E-state index in [0.29, 0.717) is 43.9 Å². The Hall–Kier alpha value is -2.73. The Morgan fingerprint density at radius 1 is 1.00 bits per heavy atom. The van der Waals surface area contributed by atoms with E-state index in [2.05, 4.69) is 0 Å². The molecule has 0 amide bonds. The van der Waals surface area contributed by atoms with Crippen LogP contribution in [0.4, 0.5) is 5.69 Å². The zero-order chi connectivity index (χ0) is 23.9. The summed E-state index contributed by atoms with van der Waals surface area (Å²) in [5.41, 5.74) is 9.73. The number of pyridine rings is 2. The maximum atomic E-state index is 13.2. The lowest BCUT2D eigenvalue weighted by atomic mass is 9.97. The summed E-state index contributed by atoms with van der Waals surface area (Å²) >= 11 is 18.8. The Morgan fingerprint density at radius 2 is 1.67 bits per heavy atom. The van der Waals surface area contributed by atoms with Gasteiger partial charge < -0.3 is 10.5 Å². The summed E-state index contributed by atoms with van der Waals surface area (Å²) in [6.45, 7) is 4.51. The molecule has 0 aliphatic heterocycles. The molecule has 0 saturated carbocycles. The van der Waals surface area contributed by atoms with Gasteiger partial charge in [0.1, 0.15) is 5.65 Å². The predicted octanol–water partition coefficient (Wildman–Crippen LogP) is 6.94. The fourth-order valence-electron chi connectivity index (χ4n) is 3.83. The number of nitrogens with zero attached hydrogens (tertiary/aromatic N) is 2. The van der Waals surface area contributed by atoms with Crippen molar-refractivity contribution in [2.75, 3.05) is 12.8 Å². The highest BCUT2D eigenvalue weighted by molar-refractivity contribution is 6.36. The van der Waals surface area contributed by atoms with Gasteiger partial charge in [-0.25, -0.2) is 4.98 Å². The normalized spacial score (nSPS) is 11.4. The minimum Gasteiger partial charge on any atom is -0.490 e. The topological polar surface area (TPSA) is 70.1 Å². The van der Waals surface area contributed by atoms with Gasteiger partial charge in [0.25, 0.3) is 5.56 Å². The molecule has 8 heteroatoms. The average Bonchev–Trinajstić information content (AvgIpc) is 2.77. The summed E-state index contributed by atoms with van der Waals surface area (Å²) in [5.74, 6) is 0.295. The molecule has 0 bridgehead atoms. The maximum absolute atomic E-state index is 13.2. The maximum Gasteiger partial charge on any atom is 0.296 e. The van der Waals surface area contributed by atoms with Crippen LogP contribution < -0.4 is 16.0 Å². The first-order valence-corrected chi connectivity index (χ1v) is 11.5. The van der Waals surface area contributed by atoms with Gasteiger partial charge >= 0.3 is 0 Å². The predicted molar refractivity (Wildman–Crippen MR) is 138 cm³/mol. The Labute approximate surface area is 206 Å². The van der Waals surface area contributed by atoms with E-state index in [1.54, 1.807) is 28.8 Å². The second-order valence-electron chi connectivity index (χ2n) is 8.14. The van der Waals surface area contributed by atoms with Gasteiger partial charge in [-0.15, -0.1) is 0 Å². The largest absolute Gasteiger partial charge is 0.490 e. The second-order valence-corrected chi connectivity index (χ2v) is 9.42. The molecule has 0 saturated heterocycles. The zero-order valence-electron chi connectivity index (χ0n) is 18.3. The van der Waals surface area contributed by atoms with Crippen LogP contribution in [0.1, 0.15) is 13.8 Å². The third-order valence-corrected chi connectivity index (χ3v) is 6.13. The molecule has 0 unspecified atom stereocenters. The number of nitrogen functional groups attached to an aromatic ring is 1. The molecule has 170 valence electrons. The van der Waals surface area contributed by atoms with Gasteiger partial charge in [0.2, 0.25) is 5.75 Å². The summed E-state index contributed by atoms with van der Waals surface area (Å²) < 4.78 is 6.98. The number of aromatic nitrogens is 2. The Morgan fingerprint density at radius 3 is 2.27 bits per heavy atom. The SMILES string of the molecule is COc1c(N)c2cc(-c3ccc(Cl)cc3)c(-c3ccc(Cl)cc3Cl)nc2n(CC(C)C)c1=O. The lowest BCUT2D eigenvalue weighted by molar-refractivity contribution is 0.402. The molecule has 33 heavy (non-hydrogen) atoms. The molecule has 0 radical (unpaired) electrons. The first-order valence-electron chi connectivity index (χ1n) is 10.3. The minimum atomic E-state index is -0.323. The smallest absolute Gasteiger partial charge is 0.296 e. The van der Waals surface area contributed by atoms with Crippen LogP contribution in [0, 0.1) is 5.92 Å². The molecule has 5 nitrogen and oxygen atoms in total. The number of benzene rings is 2. The van der Waals surface area contributed by atoms with Crippen LogP contribution in [0.5, 0.6) is 5.75 Å². The molecule has 4 aromatic rings. The number of methoxy groups -OCH3 is 1. The molecule has 0 atom stereocenters. The Kier molecular flexibility index (Phi) is 6.57. The lowest BCUT2D eigenvalue weighted by Gasteiger charge is -2.19. The quantitative estimate of drug-likeness (QED) is 0.321. The second kappa shape index (κ2) is 9.26. The van der Waals surface area contributed by atoms with E-state index < -0.39 is 0 Å². The van der Waals surface area contributed by atoms with E-state index in [1.807, 2.05) is 38.1 Å². The molecular formula is C25H22Cl3N3O2. The molecule has 2 aromatic carbocycles. The van der Waals surface area contributed by atoms with Crippen molar-refractivity contribution in [3.63, 3.8) is 0 Å². The van der Waals surface area contributed by atoms with Gasteiger partial charge in [0.15, 0.2) is 0 Å². The number of fused-ring (bicyclic) bond motifs is 1. The average molecular weight is 503 g/mol. The van der Waals surface area contributed by atoms with Crippen molar-refractivity contribution in [3.05, 3.63) is 74.0 Å². The number of nitrogens with two attached hydrogens (primary N) is 1. The van der Waals surface area contributed by atoms with E-state index in [9.17, 15) is 4.79 Å². The highest BCUT2D eigenvalue weighted by Gasteiger charge is 2.22. The standard InChI is InChI=1S/C25H22Cl3N3O2/c1-13(2)12-31-24-19(21(29)23(33-3)25(31)32)11-18(14-4-6-15(26)7-5-14)22(30-24)17-9-8-16(27)10-20(17)28/h4-11,13H,12,29H2,1-3H3. The van der Waals surface area contributed by atoms with Crippen molar-refractivity contribution < 1.29 is 4.74 Å². The Bertz CT molecular complexity index is 1410. The molecular weight excluding hydrogens is 481 g/mol. The summed E-state index contributed by atoms with van der Waals surface area (Å²) in [6.07, 6.45) is 0. The van der Waals surface area contributed by atoms with E-state index in [1.165, 1.54) is 7.11 Å². The zero-order valence-corrected chi connectivity index (χ0v) is 20.6. The van der Waals surface area contributed by atoms with Gasteiger partial charge in [-0.05, 0) is 47.9 Å². The third kappa shape index (κ3) is 4.41. The summed E-state index contributed by atoms with van der Waals surface area (Å²) in [6, 6.07) is 14.6. The van der Waals surface area contributed by atoms with Crippen LogP contribution in [0.3, 0.4) is 0 Å². The van der Waals surface area contributed by atoms with E-state index in [4.69, 9.17) is 50.3 Å². The Balaban J connectivity index is 2.16. The van der Waals surface area contributed by atoms with Gasteiger partial charge in [-0.2, -0.15) is 0 Å². The van der Waals surface area contributed by atoms with Gasteiger partial charge in [0.05, 0.1) is 23.5 Å². The first kappa shape index (κ1) is 23.4. The highest BCUT2D eigenvalue weighted by atomic mass is 35.5. The van der Waals surface area contributed by atoms with Gasteiger partial charge in [-0.3, -0.25) is 9.36 Å². The van der Waals surface area contributed by atoms with Crippen LogP contribution in [0.15, 0.2) is 53.3 Å². The van der Waals surface area contributed by atoms with Crippen molar-refractivity contribution in [1.29, 1.82) is 0 Å². The van der Waals surface area contributed by atoms with E-state index in [0.717, 1.165) is 11.1 Å². The van der Waals surface area contributed by atoms with Crippen molar-refractivity contribution in [3.8, 4) is 28.1 Å². The lowest BCUT2D eigenvalue weighted by Crippen LogP contribution is -2.26. The molecule has 0 aliphatic carbocycles. The molecule has 4 rings (SSSR count). The monoisotopic (exact) mass is 501 g/mol. The number of hydrogen-bond acceptors (Lipinski definition) is 4. The van der Waals surface area contributed by atoms with Crippen molar-refractivity contribution >= 4 is 51.5 Å². The minimum absolute atomic E-state index is 0.101. The molecule has 2 aromatic heterocycles. The van der Waals surface area contributed by atoms with Crippen molar-refractivity contribution in [2.45, 2.75) is 20.4 Å². The number of rotatable bonds is 5. The van der Waals surface area contributed by atoms with E-state index in [-0.39, 0.29) is 22.9 Å². The summed E-state index contributed by atoms with van der Waals surface area (Å²) in [4.78, 5) is 18.1. The fraction of sp³-hybridized carbons (Fsp3) is 0.200. The molecule has 2 heterocycles. The van der Waals surface area contributed by atoms with Crippen molar-refractivity contribution in [2.24, 2.45) is 5.92 Å². The molecule has 0 aliphatic rings. The van der Waals surface area contributed by atoms with Crippen LogP contribution in [0.2, 0.25) is 15.1 Å². The number of anilines is 1. The number of hydrogen-bond donors (Lipinski definition) is 1. The fourth-order valence-corrected chi connectivity index (χ4v) is 4.46. The van der Waals surface area contributed by atoms with Crippen LogP contribution >= 0.6 is 34.8 Å². The van der Waals surface area contributed by atoms with Crippen molar-refractivity contribution in [1.82, 2.24) is 9.55 Å². The van der Waals surface area contributed by atoms with Crippen LogP contribution in [0.25, 0.3) is 33.4 Å². The molecule has 2 N–H and O–H groups in total. The summed E-state index contributed by atoms with van der Waals surface area (Å²) in [5, 5.41) is 2.20. The first-order chi connectivity index (χ1) is 15.7. The highest BCUT2D eigenvalue weighted by Crippen LogP contribution is 2.40. The number of halogens is 3. The van der Waals surface area contributed by atoms with E-state index >= 15 is 0 Å². The van der Waals surface area contributed by atoms with Crippen LogP contribution in [-0.4, -0.2) is 16.7 Å². The molecule has 0 fully saturated rings. The summed E-state index contributed by atoms with van der Waals surface area (Å²) in [7, 11) is 1.44. The third-order valence-electron chi connectivity index (χ3n) is 5.33. The number of ether oxygens (including phenoxy) is 1. The van der Waals surface area contributed by atoms with Gasteiger partial charge in [0, 0.05) is 33.1 Å².